The van der Waals surface area contributed by atoms with Gasteiger partial charge < -0.3 is 29.7 Å². The first kappa shape index (κ1) is 36.0. The van der Waals surface area contributed by atoms with Crippen molar-refractivity contribution in [1.82, 2.24) is 15.1 Å². The van der Waals surface area contributed by atoms with Crippen molar-refractivity contribution in [2.45, 2.75) is 81.8 Å². The standard InChI is InChI=1S/C39H49N3O7/c1-3-5-20-32(44)40-26-31(29-18-12-9-13-19-29)48-38(47)33-30-21-22-39(49-30)34(33)36(45)42(24-14-6-7-15-25-43)35(39)37(46)41(23-4-2)27-28-16-10-8-11-17-28/h3-4,8-13,16-19,30-31,33-35,43H,1-2,5-7,14-15,20-27H2,(H,40,44)/t30-,31-,33+,34+,35-,39+/m0/s1. The number of allylic oxidation sites excluding steroid dienone is 1. The Morgan fingerprint density at radius 1 is 1.04 bits per heavy atom. The van der Waals surface area contributed by atoms with Crippen molar-refractivity contribution in [1.29, 1.82) is 0 Å². The first-order valence-electron chi connectivity index (χ1n) is 17.5. The molecule has 0 saturated carbocycles. The lowest BCUT2D eigenvalue weighted by atomic mass is 9.70. The molecule has 3 aliphatic heterocycles. The van der Waals surface area contributed by atoms with Crippen LogP contribution in [0.1, 0.15) is 68.6 Å². The fourth-order valence-electron chi connectivity index (χ4n) is 7.70. The van der Waals surface area contributed by atoms with E-state index in [0.29, 0.717) is 45.2 Å². The molecule has 2 aromatic carbocycles. The van der Waals surface area contributed by atoms with Crippen LogP contribution < -0.4 is 5.32 Å². The molecule has 10 heteroatoms. The second kappa shape index (κ2) is 16.9. The zero-order valence-corrected chi connectivity index (χ0v) is 28.2. The maximum atomic E-state index is 14.6. The number of fused-ring (bicyclic) bond motifs is 1. The maximum Gasteiger partial charge on any atom is 0.313 e. The number of carbonyl (C=O) groups excluding carboxylic acids is 4. The number of ether oxygens (including phenoxy) is 2. The van der Waals surface area contributed by atoms with E-state index in [0.717, 1.165) is 24.0 Å². The second-order valence-electron chi connectivity index (χ2n) is 13.2. The Morgan fingerprint density at radius 2 is 1.76 bits per heavy atom. The monoisotopic (exact) mass is 671 g/mol. The van der Waals surface area contributed by atoms with E-state index in [1.54, 1.807) is 22.0 Å². The van der Waals surface area contributed by atoms with Gasteiger partial charge in [-0.05, 0) is 43.2 Å². The van der Waals surface area contributed by atoms with E-state index in [1.807, 2.05) is 60.7 Å². The van der Waals surface area contributed by atoms with Gasteiger partial charge in [0.1, 0.15) is 17.7 Å². The molecule has 3 aliphatic rings. The summed E-state index contributed by atoms with van der Waals surface area (Å²) in [6, 6.07) is 18.0. The van der Waals surface area contributed by atoms with E-state index in [2.05, 4.69) is 18.5 Å². The highest BCUT2D eigenvalue weighted by Crippen LogP contribution is 2.59. The molecule has 3 heterocycles. The van der Waals surface area contributed by atoms with Gasteiger partial charge in [0, 0.05) is 32.7 Å². The third-order valence-corrected chi connectivity index (χ3v) is 9.98. The minimum absolute atomic E-state index is 0.0742. The number of rotatable bonds is 19. The van der Waals surface area contributed by atoms with Gasteiger partial charge in [0.2, 0.25) is 17.7 Å². The van der Waals surface area contributed by atoms with E-state index in [-0.39, 0.29) is 43.8 Å². The number of esters is 1. The normalized spacial score (nSPS) is 24.3. The average Bonchev–Trinajstić information content (AvgIpc) is 3.76. The van der Waals surface area contributed by atoms with E-state index >= 15 is 0 Å². The zero-order valence-electron chi connectivity index (χ0n) is 28.2. The lowest BCUT2D eigenvalue weighted by Gasteiger charge is -2.37. The Hall–Kier alpha value is -4.28. The first-order chi connectivity index (χ1) is 23.8. The van der Waals surface area contributed by atoms with Crippen molar-refractivity contribution in [2.24, 2.45) is 11.8 Å². The molecular formula is C39H49N3O7. The number of benzene rings is 2. The van der Waals surface area contributed by atoms with Crippen molar-refractivity contribution in [3.05, 3.63) is 97.1 Å². The topological polar surface area (TPSA) is 125 Å². The molecule has 6 atom stereocenters. The molecule has 49 heavy (non-hydrogen) atoms. The summed E-state index contributed by atoms with van der Waals surface area (Å²) in [5.74, 6) is -3.00. The quantitative estimate of drug-likeness (QED) is 0.128. The van der Waals surface area contributed by atoms with Crippen LogP contribution in [-0.4, -0.2) is 82.6 Å². The number of carbonyl (C=O) groups is 4. The molecule has 0 aliphatic carbocycles. The zero-order chi connectivity index (χ0) is 34.8. The van der Waals surface area contributed by atoms with Crippen molar-refractivity contribution in [3.63, 3.8) is 0 Å². The highest BCUT2D eigenvalue weighted by atomic mass is 16.6. The van der Waals surface area contributed by atoms with Crippen LogP contribution >= 0.6 is 0 Å². The predicted molar refractivity (Wildman–Crippen MR) is 185 cm³/mol. The number of hydrogen-bond donors (Lipinski definition) is 2. The van der Waals surface area contributed by atoms with Crippen LogP contribution in [-0.2, 0) is 35.2 Å². The number of aliphatic hydroxyl groups excluding tert-OH is 1. The third kappa shape index (κ3) is 7.97. The molecule has 5 rings (SSSR count). The van der Waals surface area contributed by atoms with Gasteiger partial charge in [0.15, 0.2) is 0 Å². The maximum absolute atomic E-state index is 14.6. The minimum atomic E-state index is -1.16. The van der Waals surface area contributed by atoms with Gasteiger partial charge in [-0.2, -0.15) is 0 Å². The van der Waals surface area contributed by atoms with Gasteiger partial charge in [-0.1, -0.05) is 85.7 Å². The van der Waals surface area contributed by atoms with Gasteiger partial charge >= 0.3 is 5.97 Å². The smallest absolute Gasteiger partial charge is 0.313 e. The van der Waals surface area contributed by atoms with E-state index in [4.69, 9.17) is 9.47 Å². The molecule has 2 bridgehead atoms. The van der Waals surface area contributed by atoms with Crippen LogP contribution in [0.25, 0.3) is 0 Å². The second-order valence-corrected chi connectivity index (χ2v) is 13.2. The van der Waals surface area contributed by atoms with E-state index in [1.165, 1.54) is 0 Å². The third-order valence-electron chi connectivity index (χ3n) is 9.98. The van der Waals surface area contributed by atoms with E-state index in [9.17, 15) is 24.3 Å². The summed E-state index contributed by atoms with van der Waals surface area (Å²) in [6.45, 7) is 8.70. The minimum Gasteiger partial charge on any atom is -0.455 e. The fourth-order valence-corrected chi connectivity index (χ4v) is 7.70. The number of likely N-dealkylation sites (tertiary alicyclic amines) is 1. The molecule has 3 saturated heterocycles. The lowest BCUT2D eigenvalue weighted by molar-refractivity contribution is -0.160. The first-order valence-corrected chi connectivity index (χ1v) is 17.5. The van der Waals surface area contributed by atoms with Crippen LogP contribution in [0.3, 0.4) is 0 Å². The summed E-state index contributed by atoms with van der Waals surface area (Å²) in [7, 11) is 0. The van der Waals surface area contributed by atoms with Crippen molar-refractivity contribution < 1.29 is 33.8 Å². The molecule has 10 nitrogen and oxygen atoms in total. The van der Waals surface area contributed by atoms with Crippen molar-refractivity contribution in [2.75, 3.05) is 26.2 Å². The highest BCUT2D eigenvalue weighted by Gasteiger charge is 2.75. The summed E-state index contributed by atoms with van der Waals surface area (Å²) >= 11 is 0. The predicted octanol–water partition coefficient (Wildman–Crippen LogP) is 4.50. The SMILES string of the molecule is C=CCCC(=O)NC[C@H](OC(=O)[C@@H]1[C@@H]2CC[C@]3(O2)[C@H](C(=O)N(CC=C)Cc2ccccc2)N(CCCCCCO)C(=O)[C@@H]13)c1ccccc1. The number of hydrogen-bond acceptors (Lipinski definition) is 7. The molecule has 2 N–H and O–H groups in total. The summed E-state index contributed by atoms with van der Waals surface area (Å²) < 4.78 is 12.8. The van der Waals surface area contributed by atoms with Crippen molar-refractivity contribution in [3.8, 4) is 0 Å². The largest absolute Gasteiger partial charge is 0.455 e. The molecule has 262 valence electrons. The Balaban J connectivity index is 1.41. The molecule has 0 unspecified atom stereocenters. The molecule has 3 amide bonds. The molecule has 0 aromatic heterocycles. The highest BCUT2D eigenvalue weighted by molar-refractivity contribution is 5.98. The summed E-state index contributed by atoms with van der Waals surface area (Å²) in [5, 5.41) is 12.1. The average molecular weight is 672 g/mol. The van der Waals surface area contributed by atoms with Crippen LogP contribution in [0.5, 0.6) is 0 Å². The Bertz CT molecular complexity index is 1470. The fraction of sp³-hybridized carbons (Fsp3) is 0.487. The number of amides is 3. The number of aliphatic hydroxyl groups is 1. The number of nitrogens with one attached hydrogen (secondary N) is 1. The van der Waals surface area contributed by atoms with Gasteiger partial charge in [-0.15, -0.1) is 13.2 Å². The lowest BCUT2D eigenvalue weighted by Crippen LogP contribution is -2.56. The number of nitrogens with zero attached hydrogens (tertiary/aromatic N) is 2. The molecule has 0 radical (unpaired) electrons. The summed E-state index contributed by atoms with van der Waals surface area (Å²) in [6.07, 6.45) is 6.72. The Kier molecular flexibility index (Phi) is 12.4. The van der Waals surface area contributed by atoms with Crippen LogP contribution in [0.15, 0.2) is 86.0 Å². The summed E-state index contributed by atoms with van der Waals surface area (Å²) in [4.78, 5) is 59.1. The summed E-state index contributed by atoms with van der Waals surface area (Å²) in [5.41, 5.74) is 0.508. The molecule has 1 spiro atoms. The van der Waals surface area contributed by atoms with Gasteiger partial charge in [0.05, 0.1) is 24.5 Å². The molecule has 3 fully saturated rings. The van der Waals surface area contributed by atoms with Crippen LogP contribution in [0.2, 0.25) is 0 Å². The Labute approximate surface area is 289 Å². The van der Waals surface area contributed by atoms with E-state index < -0.39 is 41.7 Å². The van der Waals surface area contributed by atoms with Crippen LogP contribution in [0, 0.1) is 11.8 Å². The molecule has 2 aromatic rings. The van der Waals surface area contributed by atoms with Gasteiger partial charge in [0.25, 0.3) is 0 Å². The van der Waals surface area contributed by atoms with Crippen molar-refractivity contribution >= 4 is 23.7 Å². The van der Waals surface area contributed by atoms with Gasteiger partial charge in [-0.25, -0.2) is 0 Å². The number of unbranched alkanes of at least 4 members (excludes halogenated alkanes) is 3. The Morgan fingerprint density at radius 3 is 2.45 bits per heavy atom. The molecular weight excluding hydrogens is 622 g/mol. The van der Waals surface area contributed by atoms with Crippen LogP contribution in [0.4, 0.5) is 0 Å². The van der Waals surface area contributed by atoms with Gasteiger partial charge in [-0.3, -0.25) is 19.2 Å².